The molecule has 0 aromatic heterocycles. The van der Waals surface area contributed by atoms with Crippen molar-refractivity contribution in [2.24, 2.45) is 5.10 Å². The van der Waals surface area contributed by atoms with Gasteiger partial charge in [0.25, 0.3) is 0 Å². The van der Waals surface area contributed by atoms with Crippen LogP contribution in [0.2, 0.25) is 0 Å². The van der Waals surface area contributed by atoms with Crippen molar-refractivity contribution in [3.63, 3.8) is 0 Å². The zero-order valence-electron chi connectivity index (χ0n) is 5.92. The van der Waals surface area contributed by atoms with Crippen LogP contribution >= 0.6 is 0 Å². The molecule has 1 rings (SSSR count). The molecule has 0 amide bonds. The highest BCUT2D eigenvalue weighted by Crippen LogP contribution is 2.05. The Balaban J connectivity index is 2.39. The second-order valence-electron chi connectivity index (χ2n) is 2.29. The van der Waals surface area contributed by atoms with Gasteiger partial charge in [0.15, 0.2) is 0 Å². The maximum atomic E-state index is 5.17. The molecule has 0 aromatic carbocycles. The standard InChI is InChI=1S/C6H12N2O/c1-8(2)7-6-4-3-5-9-6/h3-5H2,1-2H3/b7-6+. The molecule has 0 aliphatic carbocycles. The maximum absolute atomic E-state index is 5.17. The largest absolute Gasteiger partial charge is 0.480 e. The van der Waals surface area contributed by atoms with Gasteiger partial charge < -0.3 is 4.74 Å². The molecule has 52 valence electrons. The first-order valence-electron chi connectivity index (χ1n) is 3.16. The van der Waals surface area contributed by atoms with Crippen LogP contribution in [0.4, 0.5) is 0 Å². The Kier molecular flexibility index (Phi) is 1.92. The lowest BCUT2D eigenvalue weighted by Gasteiger charge is -2.04. The number of hydrazone groups is 1. The van der Waals surface area contributed by atoms with Crippen molar-refractivity contribution in [1.29, 1.82) is 0 Å². The summed E-state index contributed by atoms with van der Waals surface area (Å²) in [7, 11) is 3.80. The van der Waals surface area contributed by atoms with Gasteiger partial charge in [0.05, 0.1) is 6.61 Å². The van der Waals surface area contributed by atoms with E-state index in [9.17, 15) is 0 Å². The van der Waals surface area contributed by atoms with E-state index in [0.717, 1.165) is 25.3 Å². The van der Waals surface area contributed by atoms with Crippen molar-refractivity contribution in [2.75, 3.05) is 20.7 Å². The van der Waals surface area contributed by atoms with Crippen LogP contribution in [0.3, 0.4) is 0 Å². The molecule has 0 atom stereocenters. The van der Waals surface area contributed by atoms with Crippen molar-refractivity contribution >= 4 is 5.90 Å². The Hall–Kier alpha value is -0.730. The van der Waals surface area contributed by atoms with Gasteiger partial charge in [-0.15, -0.1) is 5.10 Å². The summed E-state index contributed by atoms with van der Waals surface area (Å²) < 4.78 is 5.17. The highest BCUT2D eigenvalue weighted by Gasteiger charge is 2.08. The van der Waals surface area contributed by atoms with Crippen LogP contribution < -0.4 is 0 Å². The van der Waals surface area contributed by atoms with Crippen molar-refractivity contribution in [3.05, 3.63) is 0 Å². The Morgan fingerprint density at radius 2 is 2.33 bits per heavy atom. The Morgan fingerprint density at radius 3 is 2.78 bits per heavy atom. The van der Waals surface area contributed by atoms with E-state index < -0.39 is 0 Å². The molecule has 0 saturated carbocycles. The van der Waals surface area contributed by atoms with E-state index >= 15 is 0 Å². The van der Waals surface area contributed by atoms with Crippen LogP contribution in [-0.4, -0.2) is 31.6 Å². The van der Waals surface area contributed by atoms with Crippen molar-refractivity contribution in [3.8, 4) is 0 Å². The molecule has 9 heavy (non-hydrogen) atoms. The number of hydrogen-bond acceptors (Lipinski definition) is 3. The fourth-order valence-electron chi connectivity index (χ4n) is 0.787. The second-order valence-corrected chi connectivity index (χ2v) is 2.29. The summed E-state index contributed by atoms with van der Waals surface area (Å²) in [6.07, 6.45) is 2.12. The molecule has 3 heteroatoms. The predicted octanol–water partition coefficient (Wildman–Crippen LogP) is 0.672. The van der Waals surface area contributed by atoms with Gasteiger partial charge in [-0.1, -0.05) is 0 Å². The topological polar surface area (TPSA) is 24.8 Å². The van der Waals surface area contributed by atoms with Crippen LogP contribution in [0, 0.1) is 0 Å². The van der Waals surface area contributed by atoms with Crippen molar-refractivity contribution in [2.45, 2.75) is 12.8 Å². The van der Waals surface area contributed by atoms with Gasteiger partial charge in [-0.05, 0) is 6.42 Å². The average molecular weight is 128 g/mol. The van der Waals surface area contributed by atoms with Gasteiger partial charge in [-0.3, -0.25) is 5.01 Å². The number of nitrogens with zero attached hydrogens (tertiary/aromatic N) is 2. The molecule has 1 aliphatic heterocycles. The Labute approximate surface area is 55.3 Å². The zero-order valence-corrected chi connectivity index (χ0v) is 5.92. The smallest absolute Gasteiger partial charge is 0.206 e. The quantitative estimate of drug-likeness (QED) is 0.485. The summed E-state index contributed by atoms with van der Waals surface area (Å²) >= 11 is 0. The molecule has 0 aromatic rings. The molecule has 0 bridgehead atoms. The highest BCUT2D eigenvalue weighted by molar-refractivity contribution is 5.77. The molecule has 0 spiro atoms. The van der Waals surface area contributed by atoms with Gasteiger partial charge in [0.2, 0.25) is 5.90 Å². The molecular formula is C6H12N2O. The highest BCUT2D eigenvalue weighted by atomic mass is 16.5. The van der Waals surface area contributed by atoms with Crippen LogP contribution in [0.5, 0.6) is 0 Å². The average Bonchev–Trinajstić information content (AvgIpc) is 2.15. The molecule has 3 nitrogen and oxygen atoms in total. The minimum absolute atomic E-state index is 0.840. The van der Waals surface area contributed by atoms with Crippen LogP contribution in [0.1, 0.15) is 12.8 Å². The summed E-state index contributed by atoms with van der Waals surface area (Å²) in [5, 5.41) is 5.87. The van der Waals surface area contributed by atoms with Crippen LogP contribution in [0.25, 0.3) is 0 Å². The Morgan fingerprint density at radius 1 is 1.56 bits per heavy atom. The molecular weight excluding hydrogens is 116 g/mol. The summed E-state index contributed by atoms with van der Waals surface area (Å²) in [6.45, 7) is 0.840. The van der Waals surface area contributed by atoms with Gasteiger partial charge in [0.1, 0.15) is 0 Å². The number of hydrogen-bond donors (Lipinski definition) is 0. The van der Waals surface area contributed by atoms with Crippen LogP contribution in [0.15, 0.2) is 5.10 Å². The molecule has 1 aliphatic rings. The lowest BCUT2D eigenvalue weighted by molar-refractivity contribution is 0.324. The third-order valence-corrected chi connectivity index (χ3v) is 1.12. The number of ether oxygens (including phenoxy) is 1. The number of rotatable bonds is 1. The normalized spacial score (nSPS) is 22.2. The van der Waals surface area contributed by atoms with Crippen molar-refractivity contribution < 1.29 is 4.74 Å². The van der Waals surface area contributed by atoms with Gasteiger partial charge >= 0.3 is 0 Å². The summed E-state index contributed by atoms with van der Waals surface area (Å²) in [6, 6.07) is 0. The van der Waals surface area contributed by atoms with Crippen molar-refractivity contribution in [1.82, 2.24) is 5.01 Å². The third-order valence-electron chi connectivity index (χ3n) is 1.12. The monoisotopic (exact) mass is 128 g/mol. The van der Waals surface area contributed by atoms with E-state index in [1.165, 1.54) is 0 Å². The lowest BCUT2D eigenvalue weighted by Crippen LogP contribution is -2.07. The molecule has 0 radical (unpaired) electrons. The third kappa shape index (κ3) is 1.91. The summed E-state index contributed by atoms with van der Waals surface area (Å²) in [5.74, 6) is 0.875. The summed E-state index contributed by atoms with van der Waals surface area (Å²) in [5.41, 5.74) is 0. The lowest BCUT2D eigenvalue weighted by atomic mass is 10.4. The van der Waals surface area contributed by atoms with Crippen LogP contribution in [-0.2, 0) is 4.74 Å². The zero-order chi connectivity index (χ0) is 6.69. The predicted molar refractivity (Wildman–Crippen MR) is 36.3 cm³/mol. The van der Waals surface area contributed by atoms with E-state index in [1.54, 1.807) is 5.01 Å². The second kappa shape index (κ2) is 2.71. The van der Waals surface area contributed by atoms with Gasteiger partial charge in [0, 0.05) is 20.5 Å². The fourth-order valence-corrected chi connectivity index (χ4v) is 0.787. The van der Waals surface area contributed by atoms with E-state index in [4.69, 9.17) is 4.74 Å². The van der Waals surface area contributed by atoms with E-state index in [2.05, 4.69) is 5.10 Å². The SMILES string of the molecule is CN(C)/N=C1\CCCO1. The van der Waals surface area contributed by atoms with E-state index in [-0.39, 0.29) is 0 Å². The molecule has 0 N–H and O–H groups in total. The molecule has 0 unspecified atom stereocenters. The minimum Gasteiger partial charge on any atom is -0.480 e. The maximum Gasteiger partial charge on any atom is 0.206 e. The molecule has 1 saturated heterocycles. The van der Waals surface area contributed by atoms with E-state index in [0.29, 0.717) is 0 Å². The molecule has 1 fully saturated rings. The fraction of sp³-hybridized carbons (Fsp3) is 0.833. The Bertz CT molecular complexity index is 112. The first-order chi connectivity index (χ1) is 4.29. The van der Waals surface area contributed by atoms with E-state index in [1.807, 2.05) is 14.1 Å². The first-order valence-corrected chi connectivity index (χ1v) is 3.16. The van der Waals surface area contributed by atoms with Gasteiger partial charge in [-0.2, -0.15) is 0 Å². The molecule has 1 heterocycles. The minimum atomic E-state index is 0.840. The summed E-state index contributed by atoms with van der Waals surface area (Å²) in [4.78, 5) is 0. The first kappa shape index (κ1) is 6.39. The van der Waals surface area contributed by atoms with Gasteiger partial charge in [-0.25, -0.2) is 0 Å².